The Morgan fingerprint density at radius 1 is 1.29 bits per heavy atom. The van der Waals surface area contributed by atoms with Crippen LogP contribution in [0.15, 0.2) is 36.4 Å². The van der Waals surface area contributed by atoms with Crippen LogP contribution < -0.4 is 5.32 Å². The van der Waals surface area contributed by atoms with Gasteiger partial charge in [-0.2, -0.15) is 0 Å². The maximum atomic E-state index is 13.3. The lowest BCUT2D eigenvalue weighted by Crippen LogP contribution is -2.01. The lowest BCUT2D eigenvalue weighted by molar-refractivity contribution is 0.616. The molecule has 2 aromatic rings. The molecule has 0 atom stereocenters. The van der Waals surface area contributed by atoms with Crippen molar-refractivity contribution in [2.24, 2.45) is 0 Å². The summed E-state index contributed by atoms with van der Waals surface area (Å²) in [7, 11) is 0. The van der Waals surface area contributed by atoms with Crippen LogP contribution in [0, 0.1) is 12.7 Å². The van der Waals surface area contributed by atoms with Crippen LogP contribution >= 0.6 is 11.6 Å². The Kier molecular flexibility index (Phi) is 3.59. The van der Waals surface area contributed by atoms with E-state index in [0.29, 0.717) is 23.1 Å². The molecular formula is C13H12ClFN2. The first kappa shape index (κ1) is 11.9. The van der Waals surface area contributed by atoms with Crippen LogP contribution in [-0.2, 0) is 6.54 Å². The largest absolute Gasteiger partial charge is 0.366 e. The molecule has 0 saturated carbocycles. The predicted molar refractivity (Wildman–Crippen MR) is 67.7 cm³/mol. The van der Waals surface area contributed by atoms with Gasteiger partial charge in [0.2, 0.25) is 0 Å². The Labute approximate surface area is 104 Å². The molecule has 1 aromatic heterocycles. The normalized spacial score (nSPS) is 10.3. The standard InChI is InChI=1S/C13H12ClFN2/c1-9-5-6-10(7-11(9)15)8-16-13-4-2-3-12(14)17-13/h2-7H,8H2,1H3,(H,16,17). The summed E-state index contributed by atoms with van der Waals surface area (Å²) in [4.78, 5) is 4.09. The number of nitrogens with zero attached hydrogens (tertiary/aromatic N) is 1. The van der Waals surface area contributed by atoms with Crippen molar-refractivity contribution in [3.63, 3.8) is 0 Å². The first-order chi connectivity index (χ1) is 8.15. The van der Waals surface area contributed by atoms with E-state index >= 15 is 0 Å². The number of hydrogen-bond donors (Lipinski definition) is 1. The summed E-state index contributed by atoms with van der Waals surface area (Å²) >= 11 is 5.76. The first-order valence-corrected chi connectivity index (χ1v) is 5.64. The van der Waals surface area contributed by atoms with Crippen molar-refractivity contribution < 1.29 is 4.39 Å². The van der Waals surface area contributed by atoms with Crippen molar-refractivity contribution in [2.75, 3.05) is 5.32 Å². The van der Waals surface area contributed by atoms with Crippen molar-refractivity contribution in [1.29, 1.82) is 0 Å². The zero-order chi connectivity index (χ0) is 12.3. The van der Waals surface area contributed by atoms with Gasteiger partial charge in [-0.15, -0.1) is 0 Å². The van der Waals surface area contributed by atoms with E-state index in [4.69, 9.17) is 11.6 Å². The summed E-state index contributed by atoms with van der Waals surface area (Å²) in [5.74, 6) is 0.488. The van der Waals surface area contributed by atoms with Gasteiger partial charge in [-0.25, -0.2) is 9.37 Å². The van der Waals surface area contributed by atoms with Gasteiger partial charge in [0.1, 0.15) is 16.8 Å². The smallest absolute Gasteiger partial charge is 0.131 e. The highest BCUT2D eigenvalue weighted by Crippen LogP contribution is 2.13. The van der Waals surface area contributed by atoms with Gasteiger partial charge >= 0.3 is 0 Å². The van der Waals surface area contributed by atoms with Crippen molar-refractivity contribution in [2.45, 2.75) is 13.5 Å². The van der Waals surface area contributed by atoms with E-state index in [1.54, 1.807) is 19.1 Å². The molecule has 17 heavy (non-hydrogen) atoms. The van der Waals surface area contributed by atoms with Crippen LogP contribution in [0.4, 0.5) is 10.2 Å². The van der Waals surface area contributed by atoms with Crippen LogP contribution in [0.25, 0.3) is 0 Å². The molecule has 0 aliphatic carbocycles. The Balaban J connectivity index is 2.05. The molecule has 0 aliphatic rings. The van der Waals surface area contributed by atoms with Crippen molar-refractivity contribution in [3.8, 4) is 0 Å². The Bertz CT molecular complexity index is 529. The third-order valence-corrected chi connectivity index (χ3v) is 2.64. The topological polar surface area (TPSA) is 24.9 Å². The second kappa shape index (κ2) is 5.15. The number of benzene rings is 1. The summed E-state index contributed by atoms with van der Waals surface area (Å²) in [5.41, 5.74) is 1.52. The van der Waals surface area contributed by atoms with Crippen LogP contribution in [0.3, 0.4) is 0 Å². The average Bonchev–Trinajstić information content (AvgIpc) is 2.31. The molecule has 0 spiro atoms. The zero-order valence-electron chi connectivity index (χ0n) is 9.37. The van der Waals surface area contributed by atoms with Gasteiger partial charge in [-0.05, 0) is 36.2 Å². The first-order valence-electron chi connectivity index (χ1n) is 5.26. The summed E-state index contributed by atoms with van der Waals surface area (Å²) in [5, 5.41) is 3.52. The third kappa shape index (κ3) is 3.17. The van der Waals surface area contributed by atoms with E-state index in [9.17, 15) is 4.39 Å². The molecule has 1 N–H and O–H groups in total. The highest BCUT2D eigenvalue weighted by Gasteiger charge is 2.00. The predicted octanol–water partition coefficient (Wildman–Crippen LogP) is 3.79. The van der Waals surface area contributed by atoms with E-state index in [1.165, 1.54) is 6.07 Å². The Morgan fingerprint density at radius 3 is 2.82 bits per heavy atom. The van der Waals surface area contributed by atoms with Gasteiger partial charge in [0.15, 0.2) is 0 Å². The molecule has 88 valence electrons. The Hall–Kier alpha value is -1.61. The number of anilines is 1. The van der Waals surface area contributed by atoms with E-state index in [1.807, 2.05) is 18.2 Å². The van der Waals surface area contributed by atoms with Gasteiger partial charge < -0.3 is 5.32 Å². The van der Waals surface area contributed by atoms with Crippen LogP contribution in [0.2, 0.25) is 5.15 Å². The van der Waals surface area contributed by atoms with E-state index in [-0.39, 0.29) is 5.82 Å². The maximum Gasteiger partial charge on any atom is 0.131 e. The second-order valence-electron chi connectivity index (χ2n) is 3.78. The molecule has 4 heteroatoms. The molecule has 2 nitrogen and oxygen atoms in total. The molecule has 1 heterocycles. The van der Waals surface area contributed by atoms with Gasteiger partial charge in [0.05, 0.1) is 0 Å². The highest BCUT2D eigenvalue weighted by atomic mass is 35.5. The van der Waals surface area contributed by atoms with E-state index in [2.05, 4.69) is 10.3 Å². The lowest BCUT2D eigenvalue weighted by Gasteiger charge is -2.06. The molecule has 0 saturated heterocycles. The van der Waals surface area contributed by atoms with Gasteiger partial charge in [0, 0.05) is 6.54 Å². The number of aromatic nitrogens is 1. The van der Waals surface area contributed by atoms with Crippen molar-refractivity contribution in [3.05, 3.63) is 58.5 Å². The molecule has 0 bridgehead atoms. The van der Waals surface area contributed by atoms with Gasteiger partial charge in [0.25, 0.3) is 0 Å². The number of rotatable bonds is 3. The number of nitrogens with one attached hydrogen (secondary N) is 1. The highest BCUT2D eigenvalue weighted by molar-refractivity contribution is 6.29. The Morgan fingerprint density at radius 2 is 2.12 bits per heavy atom. The molecule has 1 aromatic carbocycles. The van der Waals surface area contributed by atoms with Crippen LogP contribution in [0.5, 0.6) is 0 Å². The summed E-state index contributed by atoms with van der Waals surface area (Å²) < 4.78 is 13.3. The molecule has 0 aliphatic heterocycles. The zero-order valence-corrected chi connectivity index (χ0v) is 10.1. The van der Waals surface area contributed by atoms with Crippen molar-refractivity contribution in [1.82, 2.24) is 4.98 Å². The van der Waals surface area contributed by atoms with Crippen molar-refractivity contribution >= 4 is 17.4 Å². The summed E-state index contributed by atoms with van der Waals surface area (Å²) in [6, 6.07) is 10.5. The summed E-state index contributed by atoms with van der Waals surface area (Å²) in [6.07, 6.45) is 0. The minimum absolute atomic E-state index is 0.191. The fraction of sp³-hybridized carbons (Fsp3) is 0.154. The second-order valence-corrected chi connectivity index (χ2v) is 4.17. The van der Waals surface area contributed by atoms with Gasteiger partial charge in [-0.3, -0.25) is 0 Å². The minimum atomic E-state index is -0.191. The van der Waals surface area contributed by atoms with Gasteiger partial charge in [-0.1, -0.05) is 29.8 Å². The third-order valence-electron chi connectivity index (χ3n) is 2.42. The SMILES string of the molecule is Cc1ccc(CNc2cccc(Cl)n2)cc1F. The van der Waals surface area contributed by atoms with E-state index in [0.717, 1.165) is 5.56 Å². The number of pyridine rings is 1. The minimum Gasteiger partial charge on any atom is -0.366 e. The van der Waals surface area contributed by atoms with Crippen LogP contribution in [0.1, 0.15) is 11.1 Å². The molecular weight excluding hydrogens is 239 g/mol. The average molecular weight is 251 g/mol. The fourth-order valence-corrected chi connectivity index (χ4v) is 1.61. The fourth-order valence-electron chi connectivity index (χ4n) is 1.45. The number of aryl methyl sites for hydroxylation is 1. The summed E-state index contributed by atoms with van der Waals surface area (Å²) in [6.45, 7) is 2.26. The van der Waals surface area contributed by atoms with E-state index < -0.39 is 0 Å². The molecule has 0 amide bonds. The molecule has 0 unspecified atom stereocenters. The van der Waals surface area contributed by atoms with Crippen LogP contribution in [-0.4, -0.2) is 4.98 Å². The molecule has 2 rings (SSSR count). The maximum absolute atomic E-state index is 13.3. The molecule has 0 fully saturated rings. The quantitative estimate of drug-likeness (QED) is 0.839. The number of hydrogen-bond acceptors (Lipinski definition) is 2. The monoisotopic (exact) mass is 250 g/mol. The number of halogens is 2. The lowest BCUT2D eigenvalue weighted by atomic mass is 10.1. The molecule has 0 radical (unpaired) electrons.